The third kappa shape index (κ3) is 5.45. The molecule has 36 heavy (non-hydrogen) atoms. The summed E-state index contributed by atoms with van der Waals surface area (Å²) in [7, 11) is 0. The predicted molar refractivity (Wildman–Crippen MR) is 126 cm³/mol. The van der Waals surface area contributed by atoms with Gasteiger partial charge < -0.3 is 24.5 Å². The number of aromatic carboxylic acids is 2. The van der Waals surface area contributed by atoms with Crippen molar-refractivity contribution in [1.29, 1.82) is 0 Å². The molecule has 0 spiro atoms. The lowest BCUT2D eigenvalue weighted by Crippen LogP contribution is -2.22. The van der Waals surface area contributed by atoms with Gasteiger partial charge in [0.2, 0.25) is 0 Å². The van der Waals surface area contributed by atoms with Crippen molar-refractivity contribution in [3.8, 4) is 22.6 Å². The van der Waals surface area contributed by atoms with Gasteiger partial charge in [-0.15, -0.1) is 0 Å². The highest BCUT2D eigenvalue weighted by molar-refractivity contribution is 5.95. The first kappa shape index (κ1) is 23.9. The van der Waals surface area contributed by atoms with Gasteiger partial charge in [-0.25, -0.2) is 14.4 Å². The summed E-state index contributed by atoms with van der Waals surface area (Å²) in [6, 6.07) is 23.9. The van der Waals surface area contributed by atoms with Crippen molar-refractivity contribution in [2.24, 2.45) is 0 Å². The van der Waals surface area contributed by atoms with Crippen molar-refractivity contribution in [3.05, 3.63) is 119 Å². The monoisotopic (exact) mass is 481 g/mol. The Bertz CT molecular complexity index is 1440. The van der Waals surface area contributed by atoms with Crippen LogP contribution in [0.1, 0.15) is 41.4 Å². The molecule has 0 aliphatic carbocycles. The summed E-state index contributed by atoms with van der Waals surface area (Å²) in [5.74, 6) is -3.49. The van der Waals surface area contributed by atoms with E-state index in [1.54, 1.807) is 30.3 Å². The molecule has 0 saturated carbocycles. The Morgan fingerprint density at radius 1 is 0.611 bits per heavy atom. The van der Waals surface area contributed by atoms with Crippen LogP contribution >= 0.6 is 0 Å². The van der Waals surface area contributed by atoms with Crippen LogP contribution in [-0.2, 0) is 0 Å². The van der Waals surface area contributed by atoms with Crippen molar-refractivity contribution >= 4 is 23.9 Å². The Morgan fingerprint density at radius 2 is 1.14 bits per heavy atom. The number of carboxylic acid groups (broad SMARTS) is 2. The lowest BCUT2D eigenvalue weighted by Gasteiger charge is -2.13. The maximum Gasteiger partial charge on any atom is 0.343 e. The lowest BCUT2D eigenvalue weighted by molar-refractivity contribution is -0.255. The zero-order valence-corrected chi connectivity index (χ0v) is 18.5. The van der Waals surface area contributed by atoms with E-state index in [2.05, 4.69) is 0 Å². The first-order valence-electron chi connectivity index (χ1n) is 10.6. The van der Waals surface area contributed by atoms with E-state index in [4.69, 9.17) is 14.6 Å². The standard InChI is InChI=1S/C28H18O8/c29-25(30)18-6-10-20(11-7-18)27(33)35-22-14-15-24(23(16-22)17-4-2-1-3-5-17)36-28(34)21-12-8-19(9-13-21)26(31)32/h1-16H,(H,29,30)(H,31,32)/p-1. The largest absolute Gasteiger partial charge is 0.545 e. The molecule has 4 aromatic carbocycles. The number of rotatable bonds is 7. The Kier molecular flexibility index (Phi) is 6.87. The Balaban J connectivity index is 1.60. The van der Waals surface area contributed by atoms with E-state index in [0.717, 1.165) is 0 Å². The molecule has 8 heteroatoms. The van der Waals surface area contributed by atoms with E-state index < -0.39 is 23.9 Å². The van der Waals surface area contributed by atoms with Crippen LogP contribution < -0.4 is 14.6 Å². The molecule has 0 aliphatic heterocycles. The molecule has 0 radical (unpaired) electrons. The second kappa shape index (κ2) is 10.4. The van der Waals surface area contributed by atoms with Gasteiger partial charge in [-0.2, -0.15) is 0 Å². The molecule has 4 rings (SSSR count). The Hall–Kier alpha value is -5.24. The molecule has 0 atom stereocenters. The molecule has 1 N–H and O–H groups in total. The minimum atomic E-state index is -1.36. The second-order valence-corrected chi connectivity index (χ2v) is 7.55. The summed E-state index contributed by atoms with van der Waals surface area (Å²) in [4.78, 5) is 47.2. The number of benzene rings is 4. The smallest absolute Gasteiger partial charge is 0.343 e. The molecule has 0 saturated heterocycles. The van der Waals surface area contributed by atoms with Gasteiger partial charge in [-0.1, -0.05) is 42.5 Å². The topological polar surface area (TPSA) is 130 Å². The van der Waals surface area contributed by atoms with Crippen LogP contribution in [0.3, 0.4) is 0 Å². The van der Waals surface area contributed by atoms with Crippen LogP contribution in [-0.4, -0.2) is 29.0 Å². The van der Waals surface area contributed by atoms with Crippen LogP contribution in [0.25, 0.3) is 11.1 Å². The molecular formula is C28H17O8-. The third-order valence-electron chi connectivity index (χ3n) is 5.17. The molecule has 0 bridgehead atoms. The maximum atomic E-state index is 12.7. The van der Waals surface area contributed by atoms with Crippen molar-refractivity contribution < 1.29 is 38.9 Å². The van der Waals surface area contributed by atoms with Crippen LogP contribution in [0.5, 0.6) is 11.5 Å². The quantitative estimate of drug-likeness (QED) is 0.311. The molecule has 4 aromatic rings. The summed E-state index contributed by atoms with van der Waals surface area (Å²) in [5, 5.41) is 19.9. The van der Waals surface area contributed by atoms with Gasteiger partial charge in [0.25, 0.3) is 0 Å². The van der Waals surface area contributed by atoms with Gasteiger partial charge in [-0.05, 0) is 65.7 Å². The van der Waals surface area contributed by atoms with Gasteiger partial charge in [0.15, 0.2) is 0 Å². The first-order valence-corrected chi connectivity index (χ1v) is 10.6. The molecule has 0 heterocycles. The first-order chi connectivity index (χ1) is 17.3. The Labute approximate surface area is 205 Å². The summed E-state index contributed by atoms with van der Waals surface area (Å²) in [6.07, 6.45) is 0. The summed E-state index contributed by atoms with van der Waals surface area (Å²) < 4.78 is 11.0. The van der Waals surface area contributed by atoms with Crippen molar-refractivity contribution in [2.75, 3.05) is 0 Å². The van der Waals surface area contributed by atoms with Gasteiger partial charge in [0, 0.05) is 5.56 Å². The van der Waals surface area contributed by atoms with Crippen molar-refractivity contribution in [3.63, 3.8) is 0 Å². The zero-order chi connectivity index (χ0) is 25.7. The maximum absolute atomic E-state index is 12.7. The Morgan fingerprint density at radius 3 is 1.69 bits per heavy atom. The normalized spacial score (nSPS) is 10.3. The highest BCUT2D eigenvalue weighted by Crippen LogP contribution is 2.34. The fourth-order valence-electron chi connectivity index (χ4n) is 3.32. The van der Waals surface area contributed by atoms with Gasteiger partial charge in [0.1, 0.15) is 11.5 Å². The van der Waals surface area contributed by atoms with E-state index >= 15 is 0 Å². The minimum absolute atomic E-state index is 0.0389. The average molecular weight is 481 g/mol. The van der Waals surface area contributed by atoms with Crippen LogP contribution in [0.2, 0.25) is 0 Å². The number of hydrogen-bond acceptors (Lipinski definition) is 7. The van der Waals surface area contributed by atoms with E-state index in [1.807, 2.05) is 6.07 Å². The minimum Gasteiger partial charge on any atom is -0.545 e. The predicted octanol–water partition coefficient (Wildman–Crippen LogP) is 3.85. The lowest BCUT2D eigenvalue weighted by atomic mass is 10.0. The molecule has 178 valence electrons. The molecular weight excluding hydrogens is 464 g/mol. The number of carbonyl (C=O) groups is 4. The van der Waals surface area contributed by atoms with E-state index in [-0.39, 0.29) is 33.8 Å². The number of esters is 2. The van der Waals surface area contributed by atoms with Crippen LogP contribution in [0.4, 0.5) is 0 Å². The fraction of sp³-hybridized carbons (Fsp3) is 0. The summed E-state index contributed by atoms with van der Waals surface area (Å²) in [5.41, 5.74) is 1.44. The number of carboxylic acids is 2. The molecule has 0 amide bonds. The highest BCUT2D eigenvalue weighted by Gasteiger charge is 2.16. The van der Waals surface area contributed by atoms with Gasteiger partial charge in [0.05, 0.1) is 22.7 Å². The third-order valence-corrected chi connectivity index (χ3v) is 5.17. The number of hydrogen-bond donors (Lipinski definition) is 1. The summed E-state index contributed by atoms with van der Waals surface area (Å²) >= 11 is 0. The van der Waals surface area contributed by atoms with E-state index in [9.17, 15) is 24.3 Å². The molecule has 8 nitrogen and oxygen atoms in total. The van der Waals surface area contributed by atoms with E-state index in [1.165, 1.54) is 60.7 Å². The number of ether oxygens (including phenoxy) is 2. The van der Waals surface area contributed by atoms with E-state index in [0.29, 0.717) is 11.1 Å². The highest BCUT2D eigenvalue weighted by atomic mass is 16.5. The molecule has 0 aliphatic rings. The zero-order valence-electron chi connectivity index (χ0n) is 18.5. The van der Waals surface area contributed by atoms with Crippen molar-refractivity contribution in [2.45, 2.75) is 0 Å². The van der Waals surface area contributed by atoms with Crippen LogP contribution in [0, 0.1) is 0 Å². The van der Waals surface area contributed by atoms with Crippen molar-refractivity contribution in [1.82, 2.24) is 0 Å². The number of carbonyl (C=O) groups excluding carboxylic acids is 3. The second-order valence-electron chi connectivity index (χ2n) is 7.55. The van der Waals surface area contributed by atoms with Gasteiger partial charge >= 0.3 is 17.9 Å². The molecule has 0 aromatic heterocycles. The SMILES string of the molecule is O=C([O-])c1ccc(C(=O)Oc2ccc(OC(=O)c3ccc(C(=O)O)cc3)c(-c3ccccc3)c2)cc1. The molecule has 0 unspecified atom stereocenters. The average Bonchev–Trinajstić information content (AvgIpc) is 2.90. The van der Waals surface area contributed by atoms with Crippen LogP contribution in [0.15, 0.2) is 97.1 Å². The summed E-state index contributed by atoms with van der Waals surface area (Å²) in [6.45, 7) is 0. The fourth-order valence-corrected chi connectivity index (χ4v) is 3.32. The van der Waals surface area contributed by atoms with Gasteiger partial charge in [-0.3, -0.25) is 0 Å². The molecule has 0 fully saturated rings.